The average Bonchev–Trinajstić information content (AvgIpc) is 3.13. The van der Waals surface area contributed by atoms with Gasteiger partial charge in [0, 0.05) is 29.2 Å². The monoisotopic (exact) mass is 369 g/mol. The fraction of sp³-hybridized carbons (Fsp3) is 0.267. The van der Waals surface area contributed by atoms with Gasteiger partial charge in [0.2, 0.25) is 0 Å². The second-order valence-corrected chi connectivity index (χ2v) is 6.21. The van der Waals surface area contributed by atoms with Gasteiger partial charge in [-0.1, -0.05) is 18.2 Å². The van der Waals surface area contributed by atoms with Crippen LogP contribution in [0.5, 0.6) is 0 Å². The lowest BCUT2D eigenvalue weighted by Crippen LogP contribution is -2.36. The Labute approximate surface area is 150 Å². The van der Waals surface area contributed by atoms with E-state index in [1.54, 1.807) is 17.5 Å². The van der Waals surface area contributed by atoms with Crippen molar-refractivity contribution in [3.8, 4) is 16.5 Å². The molecule has 0 amide bonds. The van der Waals surface area contributed by atoms with Gasteiger partial charge in [0.25, 0.3) is 0 Å². The second kappa shape index (κ2) is 7.40. The molecule has 2 aromatic heterocycles. The van der Waals surface area contributed by atoms with Gasteiger partial charge in [-0.25, -0.2) is 4.98 Å². The van der Waals surface area contributed by atoms with E-state index in [1.165, 1.54) is 0 Å². The van der Waals surface area contributed by atoms with Crippen LogP contribution in [0.4, 0.5) is 0 Å². The smallest absolute Gasteiger partial charge is 0.197 e. The third kappa shape index (κ3) is 3.26. The van der Waals surface area contributed by atoms with Crippen molar-refractivity contribution in [3.05, 3.63) is 47.7 Å². The summed E-state index contributed by atoms with van der Waals surface area (Å²) in [6, 6.07) is 10.5. The van der Waals surface area contributed by atoms with E-state index in [0.717, 1.165) is 35.2 Å². The molecule has 0 radical (unpaired) electrons. The van der Waals surface area contributed by atoms with Gasteiger partial charge in [-0.15, -0.1) is 46.3 Å². The van der Waals surface area contributed by atoms with Crippen molar-refractivity contribution >= 4 is 36.2 Å². The molecule has 1 aromatic carbocycles. The number of benzene rings is 1. The lowest BCUT2D eigenvalue weighted by molar-refractivity contribution is 0.335. The minimum absolute atomic E-state index is 0. The van der Waals surface area contributed by atoms with E-state index in [-0.39, 0.29) is 24.8 Å². The first-order valence-electron chi connectivity index (χ1n) is 6.99. The number of halogens is 2. The Balaban J connectivity index is 0.000000960. The molecule has 122 valence electrons. The second-order valence-electron chi connectivity index (χ2n) is 5.32. The van der Waals surface area contributed by atoms with E-state index < -0.39 is 0 Å². The Morgan fingerprint density at radius 2 is 1.83 bits per heavy atom. The first-order chi connectivity index (χ1) is 10.3. The largest absolute Gasteiger partial charge is 0.328 e. The quantitative estimate of drug-likeness (QED) is 0.767. The number of thiazole rings is 1. The summed E-state index contributed by atoms with van der Waals surface area (Å²) in [7, 11) is 0. The number of para-hydroxylation sites is 1. The number of nitrogens with two attached hydrogens (primary N) is 1. The van der Waals surface area contributed by atoms with Crippen LogP contribution in [-0.2, 0) is 0 Å². The maximum absolute atomic E-state index is 5.93. The lowest BCUT2D eigenvalue weighted by atomic mass is 9.80. The summed E-state index contributed by atoms with van der Waals surface area (Å²) in [5.74, 6) is 2.20. The van der Waals surface area contributed by atoms with Crippen LogP contribution in [-0.4, -0.2) is 25.8 Å². The van der Waals surface area contributed by atoms with E-state index >= 15 is 0 Å². The van der Waals surface area contributed by atoms with Gasteiger partial charge in [-0.3, -0.25) is 4.57 Å². The number of nitrogens with zero attached hydrogens (tertiary/aromatic N) is 4. The zero-order chi connectivity index (χ0) is 14.2. The first-order valence-corrected chi connectivity index (χ1v) is 7.87. The fourth-order valence-electron chi connectivity index (χ4n) is 2.74. The normalized spacial score (nSPS) is 19.3. The highest BCUT2D eigenvalue weighted by molar-refractivity contribution is 7.13. The molecule has 0 aliphatic heterocycles. The van der Waals surface area contributed by atoms with Gasteiger partial charge in [0.15, 0.2) is 10.8 Å². The Morgan fingerprint density at radius 1 is 1.09 bits per heavy atom. The highest BCUT2D eigenvalue weighted by atomic mass is 35.5. The van der Waals surface area contributed by atoms with Crippen LogP contribution >= 0.6 is 36.2 Å². The molecule has 0 atom stereocenters. The fourth-order valence-corrected chi connectivity index (χ4v) is 3.35. The van der Waals surface area contributed by atoms with E-state index in [0.29, 0.717) is 12.0 Å². The standard InChI is InChI=1S/C15H15N5S.2ClH/c16-11-8-10(9-11)13-18-19-14(15-17-6-7-21-15)20(13)12-4-2-1-3-5-12;;/h1-7,10-11H,8-9,16H2;2*1H/t10-,11-;;. The molecular weight excluding hydrogens is 353 g/mol. The van der Waals surface area contributed by atoms with Crippen molar-refractivity contribution in [1.82, 2.24) is 19.7 Å². The molecule has 23 heavy (non-hydrogen) atoms. The minimum Gasteiger partial charge on any atom is -0.328 e. The molecule has 0 saturated heterocycles. The molecular formula is C15H17Cl2N5S. The van der Waals surface area contributed by atoms with Crippen molar-refractivity contribution in [2.45, 2.75) is 24.8 Å². The summed E-state index contributed by atoms with van der Waals surface area (Å²) in [5.41, 5.74) is 7.00. The van der Waals surface area contributed by atoms with E-state index in [2.05, 4.69) is 31.9 Å². The number of hydrogen-bond acceptors (Lipinski definition) is 5. The highest BCUT2D eigenvalue weighted by Crippen LogP contribution is 2.37. The number of hydrogen-bond donors (Lipinski definition) is 1. The van der Waals surface area contributed by atoms with Crippen LogP contribution in [0.2, 0.25) is 0 Å². The molecule has 5 nitrogen and oxygen atoms in total. The molecule has 1 fully saturated rings. The van der Waals surface area contributed by atoms with Crippen molar-refractivity contribution in [2.24, 2.45) is 5.73 Å². The summed E-state index contributed by atoms with van der Waals surface area (Å²) in [4.78, 5) is 4.37. The van der Waals surface area contributed by atoms with Crippen molar-refractivity contribution in [2.75, 3.05) is 0 Å². The maximum Gasteiger partial charge on any atom is 0.197 e. The predicted molar refractivity (Wildman–Crippen MR) is 96.9 cm³/mol. The van der Waals surface area contributed by atoms with E-state index in [4.69, 9.17) is 5.73 Å². The van der Waals surface area contributed by atoms with Gasteiger partial charge < -0.3 is 5.73 Å². The topological polar surface area (TPSA) is 69.6 Å². The molecule has 3 aromatic rings. The zero-order valence-corrected chi connectivity index (χ0v) is 14.7. The zero-order valence-electron chi connectivity index (χ0n) is 12.2. The van der Waals surface area contributed by atoms with Crippen LogP contribution in [0.3, 0.4) is 0 Å². The summed E-state index contributed by atoms with van der Waals surface area (Å²) in [6.45, 7) is 0. The molecule has 0 bridgehead atoms. The highest BCUT2D eigenvalue weighted by Gasteiger charge is 2.33. The SMILES string of the molecule is Cl.Cl.N[C@H]1C[C@H](c2nnc(-c3nccs3)n2-c2ccccc2)C1. The molecule has 0 unspecified atom stereocenters. The average molecular weight is 370 g/mol. The van der Waals surface area contributed by atoms with Crippen molar-refractivity contribution in [1.29, 1.82) is 0 Å². The third-order valence-corrected chi connectivity index (χ3v) is 4.63. The summed E-state index contributed by atoms with van der Waals surface area (Å²) >= 11 is 1.58. The van der Waals surface area contributed by atoms with Gasteiger partial charge >= 0.3 is 0 Å². The van der Waals surface area contributed by atoms with E-state index in [1.807, 2.05) is 23.6 Å². The number of rotatable bonds is 3. The Hall–Kier alpha value is -1.47. The third-order valence-electron chi connectivity index (χ3n) is 3.87. The van der Waals surface area contributed by atoms with E-state index in [9.17, 15) is 0 Å². The molecule has 8 heteroatoms. The minimum atomic E-state index is 0. The van der Waals surface area contributed by atoms with Crippen LogP contribution in [0.25, 0.3) is 16.5 Å². The molecule has 1 aliphatic carbocycles. The van der Waals surface area contributed by atoms with Crippen molar-refractivity contribution in [3.63, 3.8) is 0 Å². The maximum atomic E-state index is 5.93. The molecule has 0 spiro atoms. The van der Waals surface area contributed by atoms with Crippen LogP contribution in [0, 0.1) is 0 Å². The van der Waals surface area contributed by atoms with Crippen LogP contribution in [0.1, 0.15) is 24.6 Å². The molecule has 1 saturated carbocycles. The van der Waals surface area contributed by atoms with Crippen molar-refractivity contribution < 1.29 is 0 Å². The summed E-state index contributed by atoms with van der Waals surface area (Å²) < 4.78 is 2.12. The molecule has 2 N–H and O–H groups in total. The van der Waals surface area contributed by atoms with Gasteiger partial charge in [0.1, 0.15) is 5.82 Å². The Kier molecular flexibility index (Phi) is 5.75. The van der Waals surface area contributed by atoms with Crippen LogP contribution < -0.4 is 5.73 Å². The molecule has 1 aliphatic rings. The molecule has 2 heterocycles. The first kappa shape index (κ1) is 17.9. The molecule has 4 rings (SSSR count). The summed E-state index contributed by atoms with van der Waals surface area (Å²) in [5, 5.41) is 11.7. The predicted octanol–water partition coefficient (Wildman–Crippen LogP) is 3.44. The van der Waals surface area contributed by atoms with Gasteiger partial charge in [0.05, 0.1) is 0 Å². The lowest BCUT2D eigenvalue weighted by Gasteiger charge is -2.31. The van der Waals surface area contributed by atoms with Gasteiger partial charge in [-0.2, -0.15) is 0 Å². The summed E-state index contributed by atoms with van der Waals surface area (Å²) in [6.07, 6.45) is 3.74. The Morgan fingerprint density at radius 3 is 2.43 bits per heavy atom. The van der Waals surface area contributed by atoms with Crippen LogP contribution in [0.15, 0.2) is 41.9 Å². The number of aromatic nitrogens is 4. The Bertz CT molecular complexity index is 739. The van der Waals surface area contributed by atoms with Gasteiger partial charge in [-0.05, 0) is 25.0 Å².